The van der Waals surface area contributed by atoms with Gasteiger partial charge in [0.2, 0.25) is 0 Å². The standard InChI is InChI=1S/C13H12BrF2N3/c1-2-17-7-8-5-6-18-13(19-8)9-3-4-10(15)12(16)11(9)14/h3-6,17H,2,7H2,1H3. The molecule has 100 valence electrons. The van der Waals surface area contributed by atoms with Gasteiger partial charge < -0.3 is 5.32 Å². The average Bonchev–Trinajstić information content (AvgIpc) is 2.43. The number of hydrogen-bond acceptors (Lipinski definition) is 3. The summed E-state index contributed by atoms with van der Waals surface area (Å²) in [7, 11) is 0. The first kappa shape index (κ1) is 14.0. The lowest BCUT2D eigenvalue weighted by Crippen LogP contribution is -2.13. The van der Waals surface area contributed by atoms with Crippen LogP contribution in [0.5, 0.6) is 0 Å². The summed E-state index contributed by atoms with van der Waals surface area (Å²) in [6, 6.07) is 4.30. The van der Waals surface area contributed by atoms with Crippen LogP contribution in [0.2, 0.25) is 0 Å². The van der Waals surface area contributed by atoms with E-state index in [0.29, 0.717) is 17.9 Å². The van der Waals surface area contributed by atoms with Crippen LogP contribution in [-0.4, -0.2) is 16.5 Å². The van der Waals surface area contributed by atoms with Crippen LogP contribution in [0.1, 0.15) is 12.6 Å². The monoisotopic (exact) mass is 327 g/mol. The van der Waals surface area contributed by atoms with Gasteiger partial charge in [-0.2, -0.15) is 0 Å². The zero-order valence-electron chi connectivity index (χ0n) is 10.3. The summed E-state index contributed by atoms with van der Waals surface area (Å²) < 4.78 is 26.6. The molecule has 0 radical (unpaired) electrons. The molecule has 0 saturated heterocycles. The van der Waals surface area contributed by atoms with Crippen LogP contribution in [0.15, 0.2) is 28.9 Å². The molecule has 0 aliphatic carbocycles. The third kappa shape index (κ3) is 3.13. The molecule has 1 aromatic heterocycles. The lowest BCUT2D eigenvalue weighted by atomic mass is 10.2. The van der Waals surface area contributed by atoms with Gasteiger partial charge in [0.15, 0.2) is 17.5 Å². The molecule has 1 heterocycles. The molecule has 0 amide bonds. The molecule has 0 aliphatic heterocycles. The summed E-state index contributed by atoms with van der Waals surface area (Å²) in [5, 5.41) is 3.14. The number of aromatic nitrogens is 2. The summed E-state index contributed by atoms with van der Waals surface area (Å²) in [5.41, 5.74) is 1.22. The minimum atomic E-state index is -0.932. The highest BCUT2D eigenvalue weighted by Gasteiger charge is 2.14. The Morgan fingerprint density at radius 3 is 2.79 bits per heavy atom. The van der Waals surface area contributed by atoms with Crippen molar-refractivity contribution in [2.24, 2.45) is 0 Å². The predicted molar refractivity (Wildman–Crippen MR) is 72.5 cm³/mol. The van der Waals surface area contributed by atoms with E-state index in [1.807, 2.05) is 6.92 Å². The zero-order chi connectivity index (χ0) is 13.8. The first-order valence-electron chi connectivity index (χ1n) is 5.80. The highest BCUT2D eigenvalue weighted by molar-refractivity contribution is 9.10. The van der Waals surface area contributed by atoms with Gasteiger partial charge in [-0.25, -0.2) is 18.7 Å². The molecule has 6 heteroatoms. The number of nitrogens with zero attached hydrogens (tertiary/aromatic N) is 2. The second-order valence-electron chi connectivity index (χ2n) is 3.87. The molecule has 0 bridgehead atoms. The lowest BCUT2D eigenvalue weighted by Gasteiger charge is -2.07. The van der Waals surface area contributed by atoms with Gasteiger partial charge in [0.05, 0.1) is 10.2 Å². The molecule has 0 unspecified atom stereocenters. The summed E-state index contributed by atoms with van der Waals surface area (Å²) >= 11 is 3.03. The highest BCUT2D eigenvalue weighted by Crippen LogP contribution is 2.29. The third-order valence-corrected chi connectivity index (χ3v) is 3.32. The molecule has 0 spiro atoms. The van der Waals surface area contributed by atoms with E-state index in [9.17, 15) is 8.78 Å². The lowest BCUT2D eigenvalue weighted by molar-refractivity contribution is 0.504. The fourth-order valence-corrected chi connectivity index (χ4v) is 2.07. The Balaban J connectivity index is 2.39. The minimum Gasteiger partial charge on any atom is -0.311 e. The Hall–Kier alpha value is -1.40. The maximum Gasteiger partial charge on any atom is 0.173 e. The molecule has 0 aliphatic rings. The van der Waals surface area contributed by atoms with Crippen LogP contribution in [0.4, 0.5) is 8.78 Å². The number of nitrogens with one attached hydrogen (secondary N) is 1. The largest absolute Gasteiger partial charge is 0.311 e. The molecule has 0 atom stereocenters. The smallest absolute Gasteiger partial charge is 0.173 e. The molecule has 1 aromatic carbocycles. The minimum absolute atomic E-state index is 0.0353. The van der Waals surface area contributed by atoms with Crippen LogP contribution >= 0.6 is 15.9 Å². The van der Waals surface area contributed by atoms with Gasteiger partial charge in [0, 0.05) is 18.3 Å². The number of benzene rings is 1. The second kappa shape index (κ2) is 6.16. The van der Waals surface area contributed by atoms with Crippen molar-refractivity contribution in [2.45, 2.75) is 13.5 Å². The number of hydrogen-bond donors (Lipinski definition) is 1. The van der Waals surface area contributed by atoms with Gasteiger partial charge in [0.25, 0.3) is 0 Å². The van der Waals surface area contributed by atoms with E-state index in [1.54, 1.807) is 12.3 Å². The molecule has 2 aromatic rings. The van der Waals surface area contributed by atoms with Crippen molar-refractivity contribution in [3.8, 4) is 11.4 Å². The summed E-state index contributed by atoms with van der Waals surface area (Å²) in [6.07, 6.45) is 1.60. The normalized spacial score (nSPS) is 10.7. The van der Waals surface area contributed by atoms with Gasteiger partial charge in [-0.1, -0.05) is 6.92 Å². The Morgan fingerprint density at radius 2 is 2.05 bits per heavy atom. The Kier molecular flexibility index (Phi) is 4.55. The van der Waals surface area contributed by atoms with Crippen LogP contribution in [-0.2, 0) is 6.54 Å². The zero-order valence-corrected chi connectivity index (χ0v) is 11.8. The molecular formula is C13H12BrF2N3. The maximum absolute atomic E-state index is 13.5. The van der Waals surface area contributed by atoms with E-state index >= 15 is 0 Å². The van der Waals surface area contributed by atoms with Gasteiger partial charge in [-0.3, -0.25) is 0 Å². The first-order valence-corrected chi connectivity index (χ1v) is 6.59. The fraction of sp³-hybridized carbons (Fsp3) is 0.231. The van der Waals surface area contributed by atoms with Crippen molar-refractivity contribution < 1.29 is 8.78 Å². The maximum atomic E-state index is 13.5. The van der Waals surface area contributed by atoms with Crippen molar-refractivity contribution in [1.29, 1.82) is 0 Å². The molecule has 0 saturated carbocycles. The van der Waals surface area contributed by atoms with E-state index < -0.39 is 11.6 Å². The van der Waals surface area contributed by atoms with Crippen LogP contribution in [0.25, 0.3) is 11.4 Å². The van der Waals surface area contributed by atoms with Gasteiger partial charge in [-0.05, 0) is 40.7 Å². The number of halogens is 3. The second-order valence-corrected chi connectivity index (χ2v) is 4.67. The summed E-state index contributed by atoms with van der Waals surface area (Å²) in [5.74, 6) is -1.47. The molecule has 19 heavy (non-hydrogen) atoms. The molecule has 2 rings (SSSR count). The highest BCUT2D eigenvalue weighted by atomic mass is 79.9. The van der Waals surface area contributed by atoms with Crippen molar-refractivity contribution >= 4 is 15.9 Å². The van der Waals surface area contributed by atoms with Crippen molar-refractivity contribution in [3.05, 3.63) is 46.2 Å². The molecule has 1 N–H and O–H groups in total. The van der Waals surface area contributed by atoms with E-state index in [4.69, 9.17) is 0 Å². The predicted octanol–water partition coefficient (Wildman–Crippen LogP) is 3.29. The van der Waals surface area contributed by atoms with Crippen molar-refractivity contribution in [3.63, 3.8) is 0 Å². The molecule has 3 nitrogen and oxygen atoms in total. The molecule has 0 fully saturated rings. The Morgan fingerprint density at radius 1 is 1.26 bits per heavy atom. The van der Waals surface area contributed by atoms with Crippen LogP contribution in [0, 0.1) is 11.6 Å². The average molecular weight is 328 g/mol. The van der Waals surface area contributed by atoms with E-state index in [-0.39, 0.29) is 4.47 Å². The van der Waals surface area contributed by atoms with Crippen molar-refractivity contribution in [1.82, 2.24) is 15.3 Å². The first-order chi connectivity index (χ1) is 9.13. The summed E-state index contributed by atoms with van der Waals surface area (Å²) in [6.45, 7) is 3.43. The Labute approximate surface area is 118 Å². The van der Waals surface area contributed by atoms with Gasteiger partial charge in [-0.15, -0.1) is 0 Å². The topological polar surface area (TPSA) is 37.8 Å². The van der Waals surface area contributed by atoms with E-state index in [1.165, 1.54) is 6.07 Å². The SMILES string of the molecule is CCNCc1ccnc(-c2ccc(F)c(F)c2Br)n1. The fourth-order valence-electron chi connectivity index (χ4n) is 1.58. The Bertz CT molecular complexity index is 590. The summed E-state index contributed by atoms with van der Waals surface area (Å²) in [4.78, 5) is 8.41. The number of rotatable bonds is 4. The van der Waals surface area contributed by atoms with E-state index in [0.717, 1.165) is 18.3 Å². The molecular weight excluding hydrogens is 316 g/mol. The van der Waals surface area contributed by atoms with E-state index in [2.05, 4.69) is 31.2 Å². The van der Waals surface area contributed by atoms with Gasteiger partial charge in [0.1, 0.15) is 0 Å². The van der Waals surface area contributed by atoms with Crippen molar-refractivity contribution in [2.75, 3.05) is 6.54 Å². The van der Waals surface area contributed by atoms with Crippen LogP contribution in [0.3, 0.4) is 0 Å². The van der Waals surface area contributed by atoms with Gasteiger partial charge >= 0.3 is 0 Å². The van der Waals surface area contributed by atoms with Crippen LogP contribution < -0.4 is 5.32 Å². The third-order valence-electron chi connectivity index (χ3n) is 2.55. The quantitative estimate of drug-likeness (QED) is 0.875.